The number of aromatic nitrogens is 1. The number of carbonyl (C=O) groups excluding carboxylic acids is 1. The minimum Gasteiger partial charge on any atom is -0.451 e. The van der Waals surface area contributed by atoms with Crippen LogP contribution in [0.5, 0.6) is 0 Å². The van der Waals surface area contributed by atoms with Crippen LogP contribution in [0.3, 0.4) is 0 Å². The molecule has 0 aliphatic rings. The van der Waals surface area contributed by atoms with Gasteiger partial charge in [0.2, 0.25) is 5.89 Å². The summed E-state index contributed by atoms with van der Waals surface area (Å²) in [7, 11) is 0. The maximum Gasteiger partial charge on any atom is 0.291 e. The number of oxazole rings is 1. The summed E-state index contributed by atoms with van der Waals surface area (Å²) in [5, 5.41) is 3.76. The third kappa shape index (κ3) is 2.93. The summed E-state index contributed by atoms with van der Waals surface area (Å²) in [5.41, 5.74) is 4.78. The van der Waals surface area contributed by atoms with Crippen molar-refractivity contribution in [1.82, 2.24) is 4.98 Å². The number of nitrogens with one attached hydrogen (secondary N) is 1. The molecular formula is C23H16N2O3. The van der Waals surface area contributed by atoms with Crippen molar-refractivity contribution in [3.05, 3.63) is 84.1 Å². The highest BCUT2D eigenvalue weighted by Gasteiger charge is 2.14. The van der Waals surface area contributed by atoms with Crippen LogP contribution in [0.25, 0.3) is 33.5 Å². The highest BCUT2D eigenvalue weighted by atomic mass is 16.4. The van der Waals surface area contributed by atoms with Gasteiger partial charge in [0, 0.05) is 16.6 Å². The highest BCUT2D eigenvalue weighted by molar-refractivity contribution is 6.04. The molecular weight excluding hydrogens is 352 g/mol. The molecule has 5 heteroatoms. The van der Waals surface area contributed by atoms with Crippen LogP contribution in [0.1, 0.15) is 16.1 Å². The molecule has 5 rings (SSSR count). The molecule has 1 N–H and O–H groups in total. The van der Waals surface area contributed by atoms with E-state index in [-0.39, 0.29) is 11.7 Å². The van der Waals surface area contributed by atoms with E-state index in [1.54, 1.807) is 6.07 Å². The summed E-state index contributed by atoms with van der Waals surface area (Å²) in [5.74, 6) is 0.478. The quantitative estimate of drug-likeness (QED) is 0.437. The van der Waals surface area contributed by atoms with E-state index in [9.17, 15) is 4.79 Å². The minimum atomic E-state index is -0.304. The zero-order chi connectivity index (χ0) is 19.1. The lowest BCUT2D eigenvalue weighted by molar-refractivity contribution is 0.0998. The first-order chi connectivity index (χ1) is 13.7. The molecule has 0 saturated carbocycles. The van der Waals surface area contributed by atoms with Crippen molar-refractivity contribution in [3.8, 4) is 11.5 Å². The molecule has 5 aromatic rings. The number of rotatable bonds is 3. The topological polar surface area (TPSA) is 68.3 Å². The third-order valence-electron chi connectivity index (χ3n) is 4.56. The van der Waals surface area contributed by atoms with E-state index in [2.05, 4.69) is 10.3 Å². The largest absolute Gasteiger partial charge is 0.451 e. The molecule has 0 radical (unpaired) electrons. The molecule has 5 nitrogen and oxygen atoms in total. The molecule has 2 heterocycles. The van der Waals surface area contributed by atoms with Gasteiger partial charge in [-0.05, 0) is 55.0 Å². The van der Waals surface area contributed by atoms with Crippen molar-refractivity contribution in [2.75, 3.05) is 5.32 Å². The zero-order valence-electron chi connectivity index (χ0n) is 15.1. The van der Waals surface area contributed by atoms with E-state index in [4.69, 9.17) is 8.83 Å². The monoisotopic (exact) mass is 368 g/mol. The number of carbonyl (C=O) groups is 1. The smallest absolute Gasteiger partial charge is 0.291 e. The Labute approximate surface area is 160 Å². The molecule has 136 valence electrons. The first kappa shape index (κ1) is 16.3. The summed E-state index contributed by atoms with van der Waals surface area (Å²) in [6.07, 6.45) is 0. The van der Waals surface area contributed by atoms with E-state index < -0.39 is 0 Å². The number of furan rings is 1. The molecule has 2 aromatic heterocycles. The Hall–Kier alpha value is -3.86. The van der Waals surface area contributed by atoms with Gasteiger partial charge in [0.25, 0.3) is 5.91 Å². The lowest BCUT2D eigenvalue weighted by atomic mass is 10.2. The van der Waals surface area contributed by atoms with Crippen molar-refractivity contribution in [2.45, 2.75) is 6.92 Å². The number of benzene rings is 3. The number of nitrogens with zero attached hydrogens (tertiary/aromatic N) is 1. The number of anilines is 1. The van der Waals surface area contributed by atoms with Gasteiger partial charge < -0.3 is 14.2 Å². The molecule has 0 fully saturated rings. The number of hydrogen-bond acceptors (Lipinski definition) is 4. The SMILES string of the molecule is Cc1ccc2oc(-c3cccc(NC(=O)c4cc5ccccc5o4)c3)nc2c1. The van der Waals surface area contributed by atoms with Crippen LogP contribution in [0, 0.1) is 6.92 Å². The molecule has 0 spiro atoms. The maximum atomic E-state index is 12.6. The van der Waals surface area contributed by atoms with E-state index in [0.29, 0.717) is 17.2 Å². The fraction of sp³-hybridized carbons (Fsp3) is 0.0435. The van der Waals surface area contributed by atoms with Gasteiger partial charge in [0.05, 0.1) is 0 Å². The van der Waals surface area contributed by atoms with Crippen molar-refractivity contribution < 1.29 is 13.6 Å². The molecule has 0 atom stereocenters. The highest BCUT2D eigenvalue weighted by Crippen LogP contribution is 2.27. The minimum absolute atomic E-state index is 0.268. The predicted octanol–water partition coefficient (Wildman–Crippen LogP) is 5.80. The van der Waals surface area contributed by atoms with Gasteiger partial charge in [-0.15, -0.1) is 0 Å². The van der Waals surface area contributed by atoms with Gasteiger partial charge in [-0.3, -0.25) is 4.79 Å². The van der Waals surface area contributed by atoms with Crippen LogP contribution in [-0.4, -0.2) is 10.9 Å². The van der Waals surface area contributed by atoms with Crippen LogP contribution in [-0.2, 0) is 0 Å². The average Bonchev–Trinajstić information content (AvgIpc) is 3.32. The Balaban J connectivity index is 1.43. The Morgan fingerprint density at radius 2 is 1.79 bits per heavy atom. The molecule has 0 aliphatic heterocycles. The first-order valence-electron chi connectivity index (χ1n) is 8.93. The Morgan fingerprint density at radius 3 is 2.68 bits per heavy atom. The van der Waals surface area contributed by atoms with Crippen molar-refractivity contribution in [3.63, 3.8) is 0 Å². The number of para-hydroxylation sites is 1. The number of amides is 1. The number of fused-ring (bicyclic) bond motifs is 2. The van der Waals surface area contributed by atoms with Gasteiger partial charge in [0.15, 0.2) is 11.3 Å². The van der Waals surface area contributed by atoms with Crippen LogP contribution in [0.4, 0.5) is 5.69 Å². The standard InChI is InChI=1S/C23H16N2O3/c1-14-9-10-20-18(11-14)25-23(28-20)16-6-4-7-17(12-16)24-22(26)21-13-15-5-2-3-8-19(15)27-21/h2-13H,1H3,(H,24,26). The maximum absolute atomic E-state index is 12.6. The van der Waals surface area contributed by atoms with Crippen LogP contribution in [0.2, 0.25) is 0 Å². The van der Waals surface area contributed by atoms with Crippen molar-refractivity contribution >= 4 is 33.7 Å². The normalized spacial score (nSPS) is 11.2. The predicted molar refractivity (Wildman–Crippen MR) is 108 cm³/mol. The van der Waals surface area contributed by atoms with Gasteiger partial charge in [-0.25, -0.2) is 4.98 Å². The second-order valence-corrected chi connectivity index (χ2v) is 6.67. The fourth-order valence-corrected chi connectivity index (χ4v) is 3.18. The van der Waals surface area contributed by atoms with E-state index in [1.807, 2.05) is 73.7 Å². The Morgan fingerprint density at radius 1 is 0.893 bits per heavy atom. The summed E-state index contributed by atoms with van der Waals surface area (Å²) in [4.78, 5) is 17.1. The summed E-state index contributed by atoms with van der Waals surface area (Å²) in [6, 6.07) is 22.5. The van der Waals surface area contributed by atoms with E-state index in [0.717, 1.165) is 27.6 Å². The van der Waals surface area contributed by atoms with Gasteiger partial charge in [-0.1, -0.05) is 30.3 Å². The van der Waals surface area contributed by atoms with E-state index >= 15 is 0 Å². The van der Waals surface area contributed by atoms with Crippen LogP contribution < -0.4 is 5.32 Å². The molecule has 0 saturated heterocycles. The van der Waals surface area contributed by atoms with Crippen molar-refractivity contribution in [1.29, 1.82) is 0 Å². The zero-order valence-corrected chi connectivity index (χ0v) is 15.1. The fourth-order valence-electron chi connectivity index (χ4n) is 3.18. The lowest BCUT2D eigenvalue weighted by Gasteiger charge is -2.04. The Bertz CT molecular complexity index is 1300. The molecule has 28 heavy (non-hydrogen) atoms. The summed E-state index contributed by atoms with van der Waals surface area (Å²) < 4.78 is 11.5. The first-order valence-corrected chi connectivity index (χ1v) is 8.93. The van der Waals surface area contributed by atoms with Crippen molar-refractivity contribution in [2.24, 2.45) is 0 Å². The summed E-state index contributed by atoms with van der Waals surface area (Å²) in [6.45, 7) is 2.02. The molecule has 3 aromatic carbocycles. The molecule has 0 bridgehead atoms. The Kier molecular flexibility index (Phi) is 3.72. The average molecular weight is 368 g/mol. The molecule has 1 amide bonds. The van der Waals surface area contributed by atoms with Gasteiger partial charge >= 0.3 is 0 Å². The van der Waals surface area contributed by atoms with Gasteiger partial charge in [-0.2, -0.15) is 0 Å². The molecule has 0 unspecified atom stereocenters. The van der Waals surface area contributed by atoms with E-state index in [1.165, 1.54) is 0 Å². The lowest BCUT2D eigenvalue weighted by Crippen LogP contribution is -2.10. The number of hydrogen-bond donors (Lipinski definition) is 1. The second-order valence-electron chi connectivity index (χ2n) is 6.67. The third-order valence-corrected chi connectivity index (χ3v) is 4.56. The van der Waals surface area contributed by atoms with Crippen LogP contribution in [0.15, 0.2) is 81.6 Å². The number of aryl methyl sites for hydroxylation is 1. The molecule has 0 aliphatic carbocycles. The van der Waals surface area contributed by atoms with Crippen LogP contribution >= 0.6 is 0 Å². The second kappa shape index (κ2) is 6.39. The summed E-state index contributed by atoms with van der Waals surface area (Å²) >= 11 is 0. The van der Waals surface area contributed by atoms with Gasteiger partial charge in [0.1, 0.15) is 11.1 Å².